The van der Waals surface area contributed by atoms with E-state index in [9.17, 15) is 4.79 Å². The molecule has 0 atom stereocenters. The van der Waals surface area contributed by atoms with E-state index in [1.54, 1.807) is 19.6 Å². The molecule has 1 aliphatic heterocycles. The quantitative estimate of drug-likeness (QED) is 0.527. The van der Waals surface area contributed by atoms with Crippen molar-refractivity contribution < 1.29 is 14.1 Å². The van der Waals surface area contributed by atoms with Crippen LogP contribution in [0.15, 0.2) is 47.5 Å². The number of nitrogens with one attached hydrogen (secondary N) is 1. The number of piperidine rings is 1. The van der Waals surface area contributed by atoms with Gasteiger partial charge in [-0.05, 0) is 56.6 Å². The van der Waals surface area contributed by atoms with E-state index in [4.69, 9.17) is 9.26 Å². The highest BCUT2D eigenvalue weighted by Gasteiger charge is 2.25. The van der Waals surface area contributed by atoms with E-state index in [2.05, 4.69) is 25.3 Å². The Kier molecular flexibility index (Phi) is 6.93. The highest BCUT2D eigenvalue weighted by atomic mass is 16.5. The van der Waals surface area contributed by atoms with E-state index < -0.39 is 0 Å². The largest absolute Gasteiger partial charge is 0.497 e. The van der Waals surface area contributed by atoms with Crippen LogP contribution in [0.5, 0.6) is 5.75 Å². The summed E-state index contributed by atoms with van der Waals surface area (Å²) in [4.78, 5) is 23.2. The SMILES string of the molecule is COc1ccc(-c2noc(CN3CCC(C(=O)NCCCn4ccnc4)CC3)n2)cc1. The Hall–Kier alpha value is -3.20. The lowest BCUT2D eigenvalue weighted by Crippen LogP contribution is -2.40. The van der Waals surface area contributed by atoms with E-state index in [1.165, 1.54) is 0 Å². The number of aryl methyl sites for hydroxylation is 1. The predicted molar refractivity (Wildman–Crippen MR) is 114 cm³/mol. The second-order valence-electron chi connectivity index (χ2n) is 7.74. The number of amides is 1. The van der Waals surface area contributed by atoms with Gasteiger partial charge in [0.05, 0.1) is 20.0 Å². The van der Waals surface area contributed by atoms with Gasteiger partial charge in [-0.15, -0.1) is 0 Å². The molecule has 1 saturated heterocycles. The summed E-state index contributed by atoms with van der Waals surface area (Å²) in [6, 6.07) is 7.57. The molecule has 1 aliphatic rings. The number of hydrogen-bond acceptors (Lipinski definition) is 7. The first-order valence-corrected chi connectivity index (χ1v) is 10.6. The van der Waals surface area contributed by atoms with Crippen LogP contribution in [0.1, 0.15) is 25.2 Å². The van der Waals surface area contributed by atoms with Crippen LogP contribution < -0.4 is 10.1 Å². The number of nitrogens with zero attached hydrogens (tertiary/aromatic N) is 5. The summed E-state index contributed by atoms with van der Waals surface area (Å²) in [5.41, 5.74) is 0.888. The third-order valence-electron chi connectivity index (χ3n) is 5.59. The average Bonchev–Trinajstić information content (AvgIpc) is 3.49. The van der Waals surface area contributed by atoms with Gasteiger partial charge in [0.15, 0.2) is 0 Å². The molecule has 0 aliphatic carbocycles. The van der Waals surface area contributed by atoms with E-state index >= 15 is 0 Å². The molecule has 1 N–H and O–H groups in total. The summed E-state index contributed by atoms with van der Waals surface area (Å²) in [7, 11) is 1.64. The van der Waals surface area contributed by atoms with Gasteiger partial charge in [0.25, 0.3) is 0 Å². The standard InChI is InChI=1S/C22H28N6O3/c1-30-19-5-3-17(4-6-19)21-25-20(31-26-21)15-27-12-7-18(8-13-27)22(29)24-9-2-11-28-14-10-23-16-28/h3-6,10,14,16,18H,2,7-9,11-13,15H2,1H3,(H,24,29). The van der Waals surface area contributed by atoms with Crippen molar-refractivity contribution in [1.82, 2.24) is 29.9 Å². The summed E-state index contributed by atoms with van der Waals surface area (Å²) < 4.78 is 12.6. The highest BCUT2D eigenvalue weighted by molar-refractivity contribution is 5.78. The lowest BCUT2D eigenvalue weighted by molar-refractivity contribution is -0.126. The maximum Gasteiger partial charge on any atom is 0.241 e. The third kappa shape index (κ3) is 5.69. The van der Waals surface area contributed by atoms with Crippen molar-refractivity contribution in [3.05, 3.63) is 48.9 Å². The average molecular weight is 425 g/mol. The van der Waals surface area contributed by atoms with Crippen LogP contribution in [-0.2, 0) is 17.9 Å². The number of ether oxygens (including phenoxy) is 1. The Morgan fingerprint density at radius 1 is 1.26 bits per heavy atom. The maximum absolute atomic E-state index is 12.4. The Morgan fingerprint density at radius 2 is 2.06 bits per heavy atom. The van der Waals surface area contributed by atoms with E-state index in [0.29, 0.717) is 24.8 Å². The summed E-state index contributed by atoms with van der Waals surface area (Å²) in [6.07, 6.45) is 8.07. The van der Waals surface area contributed by atoms with Gasteiger partial charge in [-0.25, -0.2) is 4.98 Å². The monoisotopic (exact) mass is 424 g/mol. The molecule has 0 spiro atoms. The predicted octanol–water partition coefficient (Wildman–Crippen LogP) is 2.36. The Morgan fingerprint density at radius 3 is 2.77 bits per heavy atom. The van der Waals surface area contributed by atoms with Crippen LogP contribution in [0.25, 0.3) is 11.4 Å². The lowest BCUT2D eigenvalue weighted by atomic mass is 9.96. The second kappa shape index (κ2) is 10.2. The number of likely N-dealkylation sites (tertiary alicyclic amines) is 1. The van der Waals surface area contributed by atoms with Crippen molar-refractivity contribution in [2.75, 3.05) is 26.7 Å². The minimum Gasteiger partial charge on any atom is -0.497 e. The zero-order valence-corrected chi connectivity index (χ0v) is 17.7. The molecule has 1 amide bonds. The van der Waals surface area contributed by atoms with Gasteiger partial charge < -0.3 is 19.1 Å². The summed E-state index contributed by atoms with van der Waals surface area (Å²) in [5, 5.41) is 7.16. The molecule has 1 fully saturated rings. The molecule has 0 bridgehead atoms. The summed E-state index contributed by atoms with van der Waals surface area (Å²) in [6.45, 7) is 3.83. The first-order valence-electron chi connectivity index (χ1n) is 10.6. The van der Waals surface area contributed by atoms with Crippen LogP contribution in [0, 0.1) is 5.92 Å². The molecular formula is C22H28N6O3. The summed E-state index contributed by atoms with van der Waals surface area (Å²) in [5.74, 6) is 2.18. The number of carbonyl (C=O) groups excluding carboxylic acids is 1. The van der Waals surface area contributed by atoms with Crippen molar-refractivity contribution in [2.24, 2.45) is 5.92 Å². The van der Waals surface area contributed by atoms with Gasteiger partial charge in [0.2, 0.25) is 17.6 Å². The smallest absolute Gasteiger partial charge is 0.241 e. The van der Waals surface area contributed by atoms with Crippen LogP contribution in [0.4, 0.5) is 0 Å². The molecule has 0 saturated carbocycles. The Balaban J connectivity index is 1.18. The number of carbonyl (C=O) groups is 1. The molecule has 0 unspecified atom stereocenters. The molecule has 3 aromatic rings. The van der Waals surface area contributed by atoms with Gasteiger partial charge in [-0.3, -0.25) is 9.69 Å². The number of hydrogen-bond donors (Lipinski definition) is 1. The normalized spacial score (nSPS) is 15.1. The van der Waals surface area contributed by atoms with Crippen molar-refractivity contribution in [2.45, 2.75) is 32.4 Å². The van der Waals surface area contributed by atoms with Gasteiger partial charge in [-0.1, -0.05) is 5.16 Å². The van der Waals surface area contributed by atoms with Crippen molar-refractivity contribution >= 4 is 5.91 Å². The molecule has 4 rings (SSSR count). The van der Waals surface area contributed by atoms with E-state index in [1.807, 2.05) is 35.0 Å². The number of aromatic nitrogens is 4. The fourth-order valence-corrected chi connectivity index (χ4v) is 3.76. The number of imidazole rings is 1. The zero-order valence-electron chi connectivity index (χ0n) is 17.7. The minimum absolute atomic E-state index is 0.0713. The van der Waals surface area contributed by atoms with Crippen molar-refractivity contribution in [3.63, 3.8) is 0 Å². The summed E-state index contributed by atoms with van der Waals surface area (Å²) >= 11 is 0. The molecule has 9 nitrogen and oxygen atoms in total. The molecule has 2 aromatic heterocycles. The van der Waals surface area contributed by atoms with E-state index in [-0.39, 0.29) is 11.8 Å². The third-order valence-corrected chi connectivity index (χ3v) is 5.59. The van der Waals surface area contributed by atoms with Gasteiger partial charge >= 0.3 is 0 Å². The molecule has 31 heavy (non-hydrogen) atoms. The Labute approximate surface area is 181 Å². The zero-order chi connectivity index (χ0) is 21.5. The van der Waals surface area contributed by atoms with Crippen molar-refractivity contribution in [1.29, 1.82) is 0 Å². The number of methoxy groups -OCH3 is 1. The molecule has 3 heterocycles. The number of rotatable bonds is 9. The van der Waals surface area contributed by atoms with Crippen LogP contribution in [-0.4, -0.2) is 57.2 Å². The highest BCUT2D eigenvalue weighted by Crippen LogP contribution is 2.22. The van der Waals surface area contributed by atoms with Gasteiger partial charge in [0, 0.05) is 37.0 Å². The number of benzene rings is 1. The van der Waals surface area contributed by atoms with E-state index in [0.717, 1.165) is 50.2 Å². The lowest BCUT2D eigenvalue weighted by Gasteiger charge is -2.30. The molecule has 164 valence electrons. The molecule has 1 aromatic carbocycles. The van der Waals surface area contributed by atoms with Gasteiger partial charge in [0.1, 0.15) is 5.75 Å². The maximum atomic E-state index is 12.4. The van der Waals surface area contributed by atoms with Crippen LogP contribution >= 0.6 is 0 Å². The fourth-order valence-electron chi connectivity index (χ4n) is 3.76. The van der Waals surface area contributed by atoms with Crippen LogP contribution in [0.3, 0.4) is 0 Å². The van der Waals surface area contributed by atoms with Crippen molar-refractivity contribution in [3.8, 4) is 17.1 Å². The fraction of sp³-hybridized carbons (Fsp3) is 0.455. The minimum atomic E-state index is 0.0713. The Bertz CT molecular complexity index is 946. The first-order chi connectivity index (χ1) is 15.2. The van der Waals surface area contributed by atoms with Crippen LogP contribution in [0.2, 0.25) is 0 Å². The molecular weight excluding hydrogens is 396 g/mol. The topological polar surface area (TPSA) is 98.3 Å². The second-order valence-corrected chi connectivity index (χ2v) is 7.74. The van der Waals surface area contributed by atoms with Gasteiger partial charge in [-0.2, -0.15) is 4.98 Å². The first kappa shape index (κ1) is 21.0. The molecule has 9 heteroatoms. The molecule has 0 radical (unpaired) electrons.